The third-order valence-corrected chi connectivity index (χ3v) is 2.65. The van der Waals surface area contributed by atoms with Crippen LogP contribution in [0.2, 0.25) is 0 Å². The molecule has 3 nitrogen and oxygen atoms in total. The maximum atomic E-state index is 11.2. The Morgan fingerprint density at radius 1 is 1.50 bits per heavy atom. The van der Waals surface area contributed by atoms with E-state index in [1.165, 1.54) is 12.8 Å². The molecule has 1 heterocycles. The summed E-state index contributed by atoms with van der Waals surface area (Å²) >= 11 is 0. The fourth-order valence-corrected chi connectivity index (χ4v) is 1.69. The van der Waals surface area contributed by atoms with Crippen LogP contribution in [0.1, 0.15) is 40.0 Å². The van der Waals surface area contributed by atoms with E-state index >= 15 is 0 Å². The monoisotopic (exact) mass is 199 g/mol. The molecule has 82 valence electrons. The van der Waals surface area contributed by atoms with E-state index in [0.29, 0.717) is 6.61 Å². The molecule has 0 aromatic heterocycles. The summed E-state index contributed by atoms with van der Waals surface area (Å²) in [7, 11) is 0. The number of hydrogen-bond donors (Lipinski definition) is 0. The molecule has 1 saturated heterocycles. The van der Waals surface area contributed by atoms with Crippen molar-refractivity contribution < 1.29 is 9.53 Å². The molecule has 0 unspecified atom stereocenters. The van der Waals surface area contributed by atoms with Crippen LogP contribution in [0.25, 0.3) is 0 Å². The van der Waals surface area contributed by atoms with E-state index < -0.39 is 0 Å². The van der Waals surface area contributed by atoms with Crippen LogP contribution < -0.4 is 0 Å². The number of rotatable bonds is 5. The Balaban J connectivity index is 2.14. The molecule has 14 heavy (non-hydrogen) atoms. The molecule has 0 radical (unpaired) electrons. The molecule has 1 atom stereocenters. The highest BCUT2D eigenvalue weighted by Gasteiger charge is 2.28. The zero-order chi connectivity index (χ0) is 10.6. The molecule has 0 aromatic carbocycles. The summed E-state index contributed by atoms with van der Waals surface area (Å²) in [5, 5.41) is 0. The fraction of sp³-hybridized carbons (Fsp3) is 0.909. The molecule has 1 amide bonds. The summed E-state index contributed by atoms with van der Waals surface area (Å²) in [5.41, 5.74) is 0. The molecular formula is C11H21NO2. The third-order valence-electron chi connectivity index (χ3n) is 2.65. The van der Waals surface area contributed by atoms with Gasteiger partial charge in [0.15, 0.2) is 0 Å². The van der Waals surface area contributed by atoms with E-state index in [4.69, 9.17) is 4.74 Å². The van der Waals surface area contributed by atoms with Crippen molar-refractivity contribution in [1.82, 2.24) is 4.90 Å². The van der Waals surface area contributed by atoms with Gasteiger partial charge in [0, 0.05) is 6.54 Å². The topological polar surface area (TPSA) is 29.5 Å². The van der Waals surface area contributed by atoms with E-state index in [1.807, 2.05) is 11.8 Å². The smallest absolute Gasteiger partial charge is 0.410 e. The van der Waals surface area contributed by atoms with Gasteiger partial charge in [0.25, 0.3) is 0 Å². The van der Waals surface area contributed by atoms with E-state index in [-0.39, 0.29) is 12.1 Å². The molecule has 3 heteroatoms. The first-order valence-electron chi connectivity index (χ1n) is 5.54. The second kappa shape index (κ2) is 5.23. The Bertz CT molecular complexity index is 192. The lowest BCUT2D eigenvalue weighted by Crippen LogP contribution is -2.32. The number of carbonyl (C=O) groups excluding carboxylic acids is 1. The van der Waals surface area contributed by atoms with E-state index in [9.17, 15) is 4.79 Å². The lowest BCUT2D eigenvalue weighted by molar-refractivity contribution is 0.157. The van der Waals surface area contributed by atoms with Crippen LogP contribution in [0.15, 0.2) is 0 Å². The van der Waals surface area contributed by atoms with E-state index in [0.717, 1.165) is 18.9 Å². The highest BCUT2D eigenvalue weighted by atomic mass is 16.6. The van der Waals surface area contributed by atoms with Gasteiger partial charge in [-0.3, -0.25) is 0 Å². The number of amides is 1. The van der Waals surface area contributed by atoms with Crippen LogP contribution in [0.5, 0.6) is 0 Å². The minimum atomic E-state index is -0.137. The van der Waals surface area contributed by atoms with Gasteiger partial charge in [0.2, 0.25) is 0 Å². The molecule has 0 saturated carbocycles. The average Bonchev–Trinajstić information content (AvgIpc) is 2.42. The number of unbranched alkanes of at least 4 members (excludes halogenated alkanes) is 1. The van der Waals surface area contributed by atoms with Crippen LogP contribution in [-0.2, 0) is 4.74 Å². The molecule has 1 aliphatic heterocycles. The van der Waals surface area contributed by atoms with Crippen molar-refractivity contribution >= 4 is 6.09 Å². The Morgan fingerprint density at radius 3 is 2.71 bits per heavy atom. The van der Waals surface area contributed by atoms with Gasteiger partial charge in [-0.25, -0.2) is 4.79 Å². The summed E-state index contributed by atoms with van der Waals surface area (Å²) in [4.78, 5) is 13.1. The van der Waals surface area contributed by atoms with Gasteiger partial charge in [-0.2, -0.15) is 0 Å². The normalized spacial score (nSPS) is 21.9. The second-order valence-electron chi connectivity index (χ2n) is 4.51. The van der Waals surface area contributed by atoms with Crippen LogP contribution >= 0.6 is 0 Å². The number of cyclic esters (lactones) is 1. The first-order chi connectivity index (χ1) is 6.61. The Kier molecular flexibility index (Phi) is 4.23. The van der Waals surface area contributed by atoms with Gasteiger partial charge in [-0.05, 0) is 19.3 Å². The van der Waals surface area contributed by atoms with Gasteiger partial charge in [0.1, 0.15) is 6.61 Å². The average molecular weight is 199 g/mol. The summed E-state index contributed by atoms with van der Waals surface area (Å²) in [6.07, 6.45) is 3.41. The zero-order valence-electron chi connectivity index (χ0n) is 9.45. The lowest BCUT2D eigenvalue weighted by atomic mass is 10.1. The molecule has 1 fully saturated rings. The number of nitrogens with zero attached hydrogens (tertiary/aromatic N) is 1. The van der Waals surface area contributed by atoms with Crippen LogP contribution in [0.3, 0.4) is 0 Å². The number of hydrogen-bond acceptors (Lipinski definition) is 2. The predicted octanol–water partition coefficient (Wildman–Crippen LogP) is 2.65. The molecule has 1 aliphatic rings. The third kappa shape index (κ3) is 3.20. The van der Waals surface area contributed by atoms with Gasteiger partial charge < -0.3 is 9.64 Å². The van der Waals surface area contributed by atoms with Gasteiger partial charge in [0.05, 0.1) is 6.04 Å². The maximum Gasteiger partial charge on any atom is 0.410 e. The maximum absolute atomic E-state index is 11.2. The molecule has 0 bridgehead atoms. The minimum absolute atomic E-state index is 0.137. The lowest BCUT2D eigenvalue weighted by Gasteiger charge is -2.17. The van der Waals surface area contributed by atoms with Crippen LogP contribution in [0.4, 0.5) is 4.79 Å². The SMILES string of the molecule is CC(C)CCCCN1C(=O)OC[C@H]1C. The first kappa shape index (κ1) is 11.3. The summed E-state index contributed by atoms with van der Waals surface area (Å²) in [6, 6.07) is 0.265. The quantitative estimate of drug-likeness (QED) is 0.637. The standard InChI is InChI=1S/C11H21NO2/c1-9(2)6-4-5-7-12-10(3)8-14-11(12)13/h9-10H,4-8H2,1-3H3/t10-/m1/s1. The van der Waals surface area contributed by atoms with Crippen LogP contribution in [-0.4, -0.2) is 30.2 Å². The van der Waals surface area contributed by atoms with E-state index in [2.05, 4.69) is 13.8 Å². The Morgan fingerprint density at radius 2 is 2.21 bits per heavy atom. The molecular weight excluding hydrogens is 178 g/mol. The molecule has 0 N–H and O–H groups in total. The summed E-state index contributed by atoms with van der Waals surface area (Å²) in [6.45, 7) is 7.91. The second-order valence-corrected chi connectivity index (χ2v) is 4.51. The fourth-order valence-electron chi connectivity index (χ4n) is 1.69. The largest absolute Gasteiger partial charge is 0.447 e. The predicted molar refractivity (Wildman–Crippen MR) is 56.2 cm³/mol. The highest BCUT2D eigenvalue weighted by molar-refractivity contribution is 5.69. The summed E-state index contributed by atoms with van der Waals surface area (Å²) < 4.78 is 4.94. The molecule has 1 rings (SSSR count). The zero-order valence-corrected chi connectivity index (χ0v) is 9.45. The van der Waals surface area contributed by atoms with Gasteiger partial charge in [-0.1, -0.05) is 26.7 Å². The van der Waals surface area contributed by atoms with Crippen LogP contribution in [0, 0.1) is 5.92 Å². The van der Waals surface area contributed by atoms with Gasteiger partial charge >= 0.3 is 6.09 Å². The van der Waals surface area contributed by atoms with Crippen molar-refractivity contribution in [2.75, 3.05) is 13.2 Å². The van der Waals surface area contributed by atoms with Gasteiger partial charge in [-0.15, -0.1) is 0 Å². The van der Waals surface area contributed by atoms with Crippen molar-refractivity contribution in [1.29, 1.82) is 0 Å². The number of carbonyl (C=O) groups is 1. The van der Waals surface area contributed by atoms with E-state index in [1.54, 1.807) is 0 Å². The Hall–Kier alpha value is -0.730. The summed E-state index contributed by atoms with van der Waals surface area (Å²) in [5.74, 6) is 0.762. The van der Waals surface area contributed by atoms with Crippen molar-refractivity contribution in [3.63, 3.8) is 0 Å². The minimum Gasteiger partial charge on any atom is -0.447 e. The van der Waals surface area contributed by atoms with Crippen molar-refractivity contribution in [3.05, 3.63) is 0 Å². The molecule has 0 spiro atoms. The van der Waals surface area contributed by atoms with Crippen molar-refractivity contribution in [2.24, 2.45) is 5.92 Å². The highest BCUT2D eigenvalue weighted by Crippen LogP contribution is 2.14. The Labute approximate surface area is 86.4 Å². The van der Waals surface area contributed by atoms with Crippen molar-refractivity contribution in [2.45, 2.75) is 46.1 Å². The number of ether oxygens (including phenoxy) is 1. The molecule has 0 aromatic rings. The van der Waals surface area contributed by atoms with Crippen molar-refractivity contribution in [3.8, 4) is 0 Å². The molecule has 0 aliphatic carbocycles. The first-order valence-corrected chi connectivity index (χ1v) is 5.54.